The molecule has 0 aliphatic rings. The van der Waals surface area contributed by atoms with Crippen LogP contribution >= 0.6 is 11.6 Å². The molecule has 0 fully saturated rings. The number of rotatable bonds is 5. The van der Waals surface area contributed by atoms with Crippen molar-refractivity contribution in [2.24, 2.45) is 7.05 Å². The highest BCUT2D eigenvalue weighted by Gasteiger charge is 2.39. The fraction of sp³-hybridized carbons (Fsp3) is 0.138. The highest BCUT2D eigenvalue weighted by atomic mass is 35.5. The van der Waals surface area contributed by atoms with Crippen molar-refractivity contribution >= 4 is 22.5 Å². The first kappa shape index (κ1) is 25.5. The van der Waals surface area contributed by atoms with Crippen LogP contribution in [0.5, 0.6) is 0 Å². The average molecular weight is 533 g/mol. The Kier molecular flexibility index (Phi) is 6.43. The highest BCUT2D eigenvalue weighted by molar-refractivity contribution is 6.30. The van der Waals surface area contributed by atoms with Crippen LogP contribution in [0.25, 0.3) is 10.9 Å². The third-order valence-corrected chi connectivity index (χ3v) is 6.81. The number of alkyl halides is 3. The first-order chi connectivity index (χ1) is 18.1. The van der Waals surface area contributed by atoms with Crippen molar-refractivity contribution in [2.45, 2.75) is 18.2 Å². The molecule has 0 saturated heterocycles. The van der Waals surface area contributed by atoms with Crippen LogP contribution < -0.4 is 0 Å². The quantitative estimate of drug-likeness (QED) is 0.285. The maximum absolute atomic E-state index is 14.1. The van der Waals surface area contributed by atoms with Crippen molar-refractivity contribution in [3.63, 3.8) is 0 Å². The van der Waals surface area contributed by atoms with Gasteiger partial charge in [0.05, 0.1) is 29.3 Å². The number of hydrogen-bond donors (Lipinski definition) is 1. The summed E-state index contributed by atoms with van der Waals surface area (Å²) in [4.78, 5) is 8.09. The lowest BCUT2D eigenvalue weighted by Crippen LogP contribution is -2.31. The van der Waals surface area contributed by atoms with E-state index in [0.29, 0.717) is 27.4 Å². The van der Waals surface area contributed by atoms with Gasteiger partial charge < -0.3 is 9.67 Å². The smallest absolute Gasteiger partial charge is 0.374 e. The summed E-state index contributed by atoms with van der Waals surface area (Å²) in [6, 6.07) is 21.6. The molecule has 0 aliphatic heterocycles. The zero-order valence-corrected chi connectivity index (χ0v) is 20.8. The zero-order chi connectivity index (χ0) is 27.1. The van der Waals surface area contributed by atoms with Crippen molar-refractivity contribution in [1.29, 1.82) is 5.26 Å². The Bertz CT molecular complexity index is 1680. The van der Waals surface area contributed by atoms with E-state index in [9.17, 15) is 23.5 Å². The predicted octanol–water partition coefficient (Wildman–Crippen LogP) is 6.39. The molecule has 0 amide bonds. The van der Waals surface area contributed by atoms with Gasteiger partial charge in [-0.15, -0.1) is 0 Å². The molecular formula is C29H20ClF3N4O. The molecule has 0 spiro atoms. The predicted molar refractivity (Wildman–Crippen MR) is 137 cm³/mol. The molecule has 9 heteroatoms. The minimum Gasteiger partial charge on any atom is -0.374 e. The van der Waals surface area contributed by atoms with Gasteiger partial charge in [0.25, 0.3) is 0 Å². The molecule has 0 saturated carbocycles. The molecule has 0 aliphatic carbocycles. The summed E-state index contributed by atoms with van der Waals surface area (Å²) in [6.45, 7) is 0. The fourth-order valence-corrected chi connectivity index (χ4v) is 4.85. The van der Waals surface area contributed by atoms with Gasteiger partial charge in [-0.25, -0.2) is 9.97 Å². The van der Waals surface area contributed by atoms with E-state index in [1.165, 1.54) is 30.7 Å². The van der Waals surface area contributed by atoms with Crippen LogP contribution in [0.1, 0.15) is 39.2 Å². The summed E-state index contributed by atoms with van der Waals surface area (Å²) in [5.74, 6) is 0. The van der Waals surface area contributed by atoms with E-state index in [4.69, 9.17) is 11.6 Å². The molecule has 2 aromatic heterocycles. The van der Waals surface area contributed by atoms with Crippen LogP contribution in [0, 0.1) is 11.3 Å². The lowest BCUT2D eigenvalue weighted by molar-refractivity contribution is -0.141. The summed E-state index contributed by atoms with van der Waals surface area (Å²) in [6.07, 6.45) is -1.85. The second kappa shape index (κ2) is 9.60. The normalized spacial score (nSPS) is 13.3. The van der Waals surface area contributed by atoms with E-state index in [2.05, 4.69) is 9.97 Å². The molecule has 3 aromatic carbocycles. The Morgan fingerprint density at radius 3 is 2.29 bits per heavy atom. The monoisotopic (exact) mass is 532 g/mol. The Balaban J connectivity index is 1.80. The van der Waals surface area contributed by atoms with E-state index >= 15 is 0 Å². The molecule has 1 unspecified atom stereocenters. The van der Waals surface area contributed by atoms with Gasteiger partial charge in [0.15, 0.2) is 5.60 Å². The molecule has 5 aromatic rings. The van der Waals surface area contributed by atoms with Gasteiger partial charge in [0.2, 0.25) is 0 Å². The number of nitrogens with zero attached hydrogens (tertiary/aromatic N) is 4. The van der Waals surface area contributed by atoms with Gasteiger partial charge in [-0.3, -0.25) is 0 Å². The van der Waals surface area contributed by atoms with Crippen molar-refractivity contribution in [2.75, 3.05) is 0 Å². The van der Waals surface area contributed by atoms with Gasteiger partial charge in [0, 0.05) is 29.4 Å². The van der Waals surface area contributed by atoms with E-state index in [-0.39, 0.29) is 28.5 Å². The van der Waals surface area contributed by atoms with Crippen LogP contribution in [0.3, 0.4) is 0 Å². The number of aromatic nitrogens is 3. The van der Waals surface area contributed by atoms with Crippen molar-refractivity contribution in [3.8, 4) is 6.07 Å². The molecular weight excluding hydrogens is 513 g/mol. The topological polar surface area (TPSA) is 74.7 Å². The van der Waals surface area contributed by atoms with Crippen molar-refractivity contribution < 1.29 is 18.3 Å². The first-order valence-electron chi connectivity index (χ1n) is 11.6. The molecule has 190 valence electrons. The third kappa shape index (κ3) is 4.40. The van der Waals surface area contributed by atoms with Crippen LogP contribution in [0.4, 0.5) is 13.2 Å². The van der Waals surface area contributed by atoms with Crippen LogP contribution in [-0.4, -0.2) is 19.6 Å². The number of aliphatic hydroxyl groups is 1. The molecule has 2 heterocycles. The van der Waals surface area contributed by atoms with Crippen LogP contribution in [0.2, 0.25) is 5.02 Å². The Morgan fingerprint density at radius 2 is 1.68 bits per heavy atom. The minimum atomic E-state index is -4.76. The van der Waals surface area contributed by atoms with Gasteiger partial charge >= 0.3 is 6.18 Å². The van der Waals surface area contributed by atoms with E-state index in [0.717, 1.165) is 0 Å². The summed E-state index contributed by atoms with van der Waals surface area (Å²) in [5.41, 5.74) is -1.38. The maximum atomic E-state index is 14.1. The maximum Gasteiger partial charge on any atom is 0.433 e. The lowest BCUT2D eigenvalue weighted by atomic mass is 9.82. The first-order valence-corrected chi connectivity index (χ1v) is 11.9. The van der Waals surface area contributed by atoms with Gasteiger partial charge in [0.1, 0.15) is 11.8 Å². The standard InChI is InChI=1S/C29H20ClF3N4O/c1-37-17-35-16-26(37)28(38,19-7-10-21(30)11-8-19)20-9-12-25-22(14-20)24(15-34)23(27(36-25)29(31,32)33)13-18-5-3-2-4-6-18/h2-12,14,16-17,38H,13H2,1H3. The molecule has 1 atom stereocenters. The number of hydrogen-bond acceptors (Lipinski definition) is 4. The van der Waals surface area contributed by atoms with E-state index < -0.39 is 17.5 Å². The zero-order valence-electron chi connectivity index (χ0n) is 20.0. The molecule has 0 bridgehead atoms. The van der Waals surface area contributed by atoms with Crippen LogP contribution in [0.15, 0.2) is 85.3 Å². The minimum absolute atomic E-state index is 0.00195. The number of fused-ring (bicyclic) bond motifs is 1. The van der Waals surface area contributed by atoms with E-state index in [1.54, 1.807) is 66.2 Å². The number of halogens is 4. The number of imidazole rings is 1. The largest absolute Gasteiger partial charge is 0.433 e. The molecule has 1 N–H and O–H groups in total. The van der Waals surface area contributed by atoms with Crippen LogP contribution in [-0.2, 0) is 25.2 Å². The van der Waals surface area contributed by atoms with Crippen molar-refractivity contribution in [1.82, 2.24) is 14.5 Å². The van der Waals surface area contributed by atoms with E-state index in [1.807, 2.05) is 6.07 Å². The molecule has 5 nitrogen and oxygen atoms in total. The SMILES string of the molecule is Cn1cncc1C(O)(c1ccc(Cl)cc1)c1ccc2nc(C(F)(F)F)c(Cc3ccccc3)c(C#N)c2c1. The average Bonchev–Trinajstić information content (AvgIpc) is 3.34. The van der Waals surface area contributed by atoms with Gasteiger partial charge in [-0.1, -0.05) is 60.1 Å². The van der Waals surface area contributed by atoms with Gasteiger partial charge in [-0.05, 0) is 41.0 Å². The Morgan fingerprint density at radius 1 is 1.00 bits per heavy atom. The van der Waals surface area contributed by atoms with Gasteiger partial charge in [-0.2, -0.15) is 18.4 Å². The summed E-state index contributed by atoms with van der Waals surface area (Å²) in [7, 11) is 1.72. The number of nitriles is 1. The lowest BCUT2D eigenvalue weighted by Gasteiger charge is -2.30. The molecule has 38 heavy (non-hydrogen) atoms. The summed E-state index contributed by atoms with van der Waals surface area (Å²) in [5, 5.41) is 23.0. The number of benzene rings is 3. The fourth-order valence-electron chi connectivity index (χ4n) is 4.72. The summed E-state index contributed by atoms with van der Waals surface area (Å²) < 4.78 is 44.0. The highest BCUT2D eigenvalue weighted by Crippen LogP contribution is 2.40. The second-order valence-electron chi connectivity index (χ2n) is 8.92. The molecule has 0 radical (unpaired) electrons. The number of pyridine rings is 1. The Hall–Kier alpha value is -4.19. The van der Waals surface area contributed by atoms with Crippen molar-refractivity contribution in [3.05, 3.63) is 130 Å². The summed E-state index contributed by atoms with van der Waals surface area (Å²) >= 11 is 6.08. The Labute approximate surface area is 221 Å². The third-order valence-electron chi connectivity index (χ3n) is 6.56. The second-order valence-corrected chi connectivity index (χ2v) is 9.36. The number of aryl methyl sites for hydroxylation is 1. The molecule has 5 rings (SSSR count).